The van der Waals surface area contributed by atoms with E-state index in [4.69, 9.17) is 4.98 Å². The van der Waals surface area contributed by atoms with Crippen LogP contribution < -0.4 is 5.32 Å². The molecule has 1 saturated heterocycles. The third-order valence-corrected chi connectivity index (χ3v) is 4.23. The molecular formula is C17H17FN4. The molecule has 0 aliphatic carbocycles. The Hall–Kier alpha value is -2.27. The van der Waals surface area contributed by atoms with E-state index in [2.05, 4.69) is 14.9 Å². The van der Waals surface area contributed by atoms with E-state index < -0.39 is 0 Å². The van der Waals surface area contributed by atoms with Crippen LogP contribution in [0, 0.1) is 5.82 Å². The number of hydrogen-bond donors (Lipinski definition) is 1. The van der Waals surface area contributed by atoms with Gasteiger partial charge in [-0.15, -0.1) is 0 Å². The molecular weight excluding hydrogens is 279 g/mol. The number of imidazole rings is 1. The quantitative estimate of drug-likeness (QED) is 0.808. The Labute approximate surface area is 128 Å². The van der Waals surface area contributed by atoms with Crippen LogP contribution in [0.1, 0.15) is 23.9 Å². The minimum Gasteiger partial charge on any atom is -0.315 e. The number of pyridine rings is 1. The smallest absolute Gasteiger partial charge is 0.160 e. The van der Waals surface area contributed by atoms with Gasteiger partial charge in [0.25, 0.3) is 0 Å². The lowest BCUT2D eigenvalue weighted by molar-refractivity contribution is 0.534. The van der Waals surface area contributed by atoms with Gasteiger partial charge in [-0.25, -0.2) is 14.4 Å². The van der Waals surface area contributed by atoms with Crippen molar-refractivity contribution < 1.29 is 4.39 Å². The van der Waals surface area contributed by atoms with Gasteiger partial charge in [-0.05, 0) is 36.7 Å². The van der Waals surface area contributed by atoms with Crippen molar-refractivity contribution in [2.45, 2.75) is 18.9 Å². The third-order valence-electron chi connectivity index (χ3n) is 4.23. The van der Waals surface area contributed by atoms with E-state index in [-0.39, 0.29) is 5.82 Å². The Morgan fingerprint density at radius 3 is 2.95 bits per heavy atom. The highest BCUT2D eigenvalue weighted by atomic mass is 19.1. The summed E-state index contributed by atoms with van der Waals surface area (Å²) >= 11 is 0. The molecule has 1 N–H and O–H groups in total. The van der Waals surface area contributed by atoms with Crippen molar-refractivity contribution >= 4 is 11.2 Å². The second-order valence-electron chi connectivity index (χ2n) is 5.66. The molecule has 3 aromatic rings. The zero-order valence-electron chi connectivity index (χ0n) is 12.2. The Balaban J connectivity index is 1.82. The summed E-state index contributed by atoms with van der Waals surface area (Å²) < 4.78 is 16.2. The average molecular weight is 296 g/mol. The molecule has 1 aliphatic rings. The molecule has 1 aliphatic heterocycles. The van der Waals surface area contributed by atoms with Crippen LogP contribution in [0.25, 0.3) is 11.2 Å². The molecule has 0 spiro atoms. The molecule has 1 atom stereocenters. The molecule has 2 aromatic heterocycles. The van der Waals surface area contributed by atoms with E-state index in [1.54, 1.807) is 12.3 Å². The maximum atomic E-state index is 14.0. The molecule has 4 rings (SSSR count). The van der Waals surface area contributed by atoms with Gasteiger partial charge in [0.1, 0.15) is 17.2 Å². The fraction of sp³-hybridized carbons (Fsp3) is 0.294. The number of nitrogens with zero attached hydrogens (tertiary/aromatic N) is 3. The first-order chi connectivity index (χ1) is 10.8. The number of halogens is 1. The molecule has 5 heteroatoms. The fourth-order valence-corrected chi connectivity index (χ4v) is 3.16. The van der Waals surface area contributed by atoms with Gasteiger partial charge in [0.05, 0.1) is 6.04 Å². The van der Waals surface area contributed by atoms with E-state index in [1.807, 2.05) is 24.3 Å². The highest BCUT2D eigenvalue weighted by molar-refractivity contribution is 5.71. The predicted octanol–water partition coefficient (Wildman–Crippen LogP) is 2.70. The molecule has 112 valence electrons. The Morgan fingerprint density at radius 2 is 2.14 bits per heavy atom. The summed E-state index contributed by atoms with van der Waals surface area (Å²) in [5.74, 6) is 0.700. The van der Waals surface area contributed by atoms with E-state index >= 15 is 0 Å². The van der Waals surface area contributed by atoms with Gasteiger partial charge < -0.3 is 9.88 Å². The van der Waals surface area contributed by atoms with Crippen molar-refractivity contribution in [3.05, 3.63) is 59.8 Å². The largest absolute Gasteiger partial charge is 0.315 e. The number of hydrogen-bond acceptors (Lipinski definition) is 3. The van der Waals surface area contributed by atoms with Gasteiger partial charge in [-0.1, -0.05) is 18.2 Å². The Bertz CT molecular complexity index is 805. The van der Waals surface area contributed by atoms with Crippen LogP contribution in [0.5, 0.6) is 0 Å². The van der Waals surface area contributed by atoms with Gasteiger partial charge in [-0.3, -0.25) is 0 Å². The summed E-state index contributed by atoms with van der Waals surface area (Å²) in [4.78, 5) is 9.19. The van der Waals surface area contributed by atoms with Gasteiger partial charge in [-0.2, -0.15) is 0 Å². The van der Waals surface area contributed by atoms with Crippen LogP contribution in [0.15, 0.2) is 42.6 Å². The van der Waals surface area contributed by atoms with Crippen LogP contribution >= 0.6 is 0 Å². The Morgan fingerprint density at radius 1 is 1.23 bits per heavy atom. The minimum atomic E-state index is -0.182. The summed E-state index contributed by atoms with van der Waals surface area (Å²) in [6.45, 7) is 1.91. The monoisotopic (exact) mass is 296 g/mol. The zero-order chi connectivity index (χ0) is 14.9. The number of nitrogens with one attached hydrogen (secondary N) is 1. The molecule has 0 bridgehead atoms. The molecule has 3 heterocycles. The molecule has 4 nitrogen and oxygen atoms in total. The van der Waals surface area contributed by atoms with Crippen molar-refractivity contribution in [2.24, 2.45) is 0 Å². The molecule has 0 radical (unpaired) electrons. The number of aromatic nitrogens is 3. The summed E-state index contributed by atoms with van der Waals surface area (Å²) in [6.07, 6.45) is 3.32. The van der Waals surface area contributed by atoms with E-state index in [9.17, 15) is 4.39 Å². The average Bonchev–Trinajstić information content (AvgIpc) is 3.16. The van der Waals surface area contributed by atoms with Crippen LogP contribution in [0.4, 0.5) is 4.39 Å². The maximum Gasteiger partial charge on any atom is 0.160 e. The number of benzene rings is 1. The number of rotatable bonds is 3. The van der Waals surface area contributed by atoms with Crippen molar-refractivity contribution in [3.8, 4) is 0 Å². The van der Waals surface area contributed by atoms with Gasteiger partial charge in [0.15, 0.2) is 5.65 Å². The second kappa shape index (κ2) is 5.50. The van der Waals surface area contributed by atoms with Crippen molar-refractivity contribution in [3.63, 3.8) is 0 Å². The lowest BCUT2D eigenvalue weighted by atomic mass is 10.1. The van der Waals surface area contributed by atoms with Crippen LogP contribution in [-0.2, 0) is 6.42 Å². The third kappa shape index (κ3) is 2.27. The van der Waals surface area contributed by atoms with Gasteiger partial charge >= 0.3 is 0 Å². The normalized spacial score (nSPS) is 18.1. The van der Waals surface area contributed by atoms with Crippen LogP contribution in [0.3, 0.4) is 0 Å². The predicted molar refractivity (Wildman–Crippen MR) is 83.3 cm³/mol. The highest BCUT2D eigenvalue weighted by Gasteiger charge is 2.23. The van der Waals surface area contributed by atoms with Gasteiger partial charge in [0.2, 0.25) is 0 Å². The molecule has 1 fully saturated rings. The number of fused-ring (bicyclic) bond motifs is 1. The summed E-state index contributed by atoms with van der Waals surface area (Å²) in [7, 11) is 0. The molecule has 1 unspecified atom stereocenters. The van der Waals surface area contributed by atoms with Crippen molar-refractivity contribution in [1.29, 1.82) is 0 Å². The molecule has 0 saturated carbocycles. The summed E-state index contributed by atoms with van der Waals surface area (Å²) in [5, 5.41) is 3.38. The minimum absolute atomic E-state index is 0.182. The zero-order valence-corrected chi connectivity index (χ0v) is 12.2. The fourth-order valence-electron chi connectivity index (χ4n) is 3.16. The van der Waals surface area contributed by atoms with E-state index in [0.29, 0.717) is 18.0 Å². The highest BCUT2D eigenvalue weighted by Crippen LogP contribution is 2.25. The van der Waals surface area contributed by atoms with Crippen molar-refractivity contribution in [1.82, 2.24) is 19.9 Å². The molecule has 22 heavy (non-hydrogen) atoms. The maximum absolute atomic E-state index is 14.0. The first-order valence-corrected chi connectivity index (χ1v) is 7.59. The van der Waals surface area contributed by atoms with E-state index in [1.165, 1.54) is 6.07 Å². The van der Waals surface area contributed by atoms with Crippen LogP contribution in [0.2, 0.25) is 0 Å². The lowest BCUT2D eigenvalue weighted by Gasteiger charge is -2.15. The first kappa shape index (κ1) is 13.4. The van der Waals surface area contributed by atoms with Gasteiger partial charge in [0, 0.05) is 19.2 Å². The van der Waals surface area contributed by atoms with Crippen LogP contribution in [-0.4, -0.2) is 27.6 Å². The molecule has 0 amide bonds. The SMILES string of the molecule is Fc1ccccc1Cc1nc2cccnc2n1C1CCNC1. The second-order valence-corrected chi connectivity index (χ2v) is 5.66. The standard InChI is InChI=1S/C17H17FN4/c18-14-5-2-1-4-12(14)10-16-21-15-6-3-8-20-17(15)22(16)13-7-9-19-11-13/h1-6,8,13,19H,7,9-11H2. The topological polar surface area (TPSA) is 42.7 Å². The van der Waals surface area contributed by atoms with E-state index in [0.717, 1.165) is 36.5 Å². The molecule has 1 aromatic carbocycles. The summed E-state index contributed by atoms with van der Waals surface area (Å²) in [5.41, 5.74) is 2.44. The summed E-state index contributed by atoms with van der Waals surface area (Å²) in [6, 6.07) is 11.1. The lowest BCUT2D eigenvalue weighted by Crippen LogP contribution is -2.16. The first-order valence-electron chi connectivity index (χ1n) is 7.59. The van der Waals surface area contributed by atoms with Crippen molar-refractivity contribution in [2.75, 3.05) is 13.1 Å². The Kier molecular flexibility index (Phi) is 3.35.